The summed E-state index contributed by atoms with van der Waals surface area (Å²) in [6.07, 6.45) is 0.427. The molecule has 0 aliphatic carbocycles. The number of hydrogen-bond donors (Lipinski definition) is 2. The third kappa shape index (κ3) is 5.58. The fourth-order valence-corrected chi connectivity index (χ4v) is 1.94. The average Bonchev–Trinajstić information content (AvgIpc) is 2.40. The SMILES string of the molecule is COCC(C)(C)NC(=O)c1cc(C#CCCO)ccc1C. The molecule has 0 aromatic heterocycles. The Morgan fingerprint density at radius 2 is 2.14 bits per heavy atom. The van der Waals surface area contributed by atoms with Gasteiger partial charge in [0.15, 0.2) is 0 Å². The number of benzene rings is 1. The Labute approximate surface area is 126 Å². The maximum Gasteiger partial charge on any atom is 0.252 e. The predicted molar refractivity (Wildman–Crippen MR) is 83.2 cm³/mol. The largest absolute Gasteiger partial charge is 0.395 e. The molecule has 2 N–H and O–H groups in total. The van der Waals surface area contributed by atoms with E-state index in [1.54, 1.807) is 13.2 Å². The van der Waals surface area contributed by atoms with E-state index in [9.17, 15) is 4.79 Å². The van der Waals surface area contributed by atoms with Gasteiger partial charge in [0.1, 0.15) is 0 Å². The molecule has 0 fully saturated rings. The molecule has 21 heavy (non-hydrogen) atoms. The Morgan fingerprint density at radius 1 is 1.43 bits per heavy atom. The minimum absolute atomic E-state index is 0.0391. The number of aliphatic hydroxyl groups excluding tert-OH is 1. The van der Waals surface area contributed by atoms with Crippen LogP contribution in [0.4, 0.5) is 0 Å². The number of rotatable bonds is 5. The van der Waals surface area contributed by atoms with Crippen LogP contribution in [-0.4, -0.2) is 36.9 Å². The molecule has 0 bridgehead atoms. The van der Waals surface area contributed by atoms with Crippen molar-refractivity contribution in [3.63, 3.8) is 0 Å². The van der Waals surface area contributed by atoms with Crippen LogP contribution in [0.25, 0.3) is 0 Å². The molecule has 4 nitrogen and oxygen atoms in total. The van der Waals surface area contributed by atoms with Crippen LogP contribution in [0.3, 0.4) is 0 Å². The highest BCUT2D eigenvalue weighted by atomic mass is 16.5. The van der Waals surface area contributed by atoms with E-state index in [4.69, 9.17) is 9.84 Å². The number of hydrogen-bond acceptors (Lipinski definition) is 3. The minimum atomic E-state index is -0.434. The smallest absolute Gasteiger partial charge is 0.252 e. The van der Waals surface area contributed by atoms with E-state index in [2.05, 4.69) is 17.2 Å². The van der Waals surface area contributed by atoms with Gasteiger partial charge in [0, 0.05) is 24.7 Å². The zero-order valence-electron chi connectivity index (χ0n) is 13.1. The number of methoxy groups -OCH3 is 1. The van der Waals surface area contributed by atoms with Crippen LogP contribution in [0.1, 0.15) is 41.8 Å². The first-order chi connectivity index (χ1) is 9.89. The van der Waals surface area contributed by atoms with Crippen LogP contribution in [0, 0.1) is 18.8 Å². The molecule has 0 heterocycles. The summed E-state index contributed by atoms with van der Waals surface area (Å²) in [5.74, 6) is 5.66. The van der Waals surface area contributed by atoms with E-state index in [1.165, 1.54) is 0 Å². The van der Waals surface area contributed by atoms with Gasteiger partial charge in [0.05, 0.1) is 18.8 Å². The number of amides is 1. The van der Waals surface area contributed by atoms with Crippen molar-refractivity contribution in [3.05, 3.63) is 34.9 Å². The molecule has 0 unspecified atom stereocenters. The fourth-order valence-electron chi connectivity index (χ4n) is 1.94. The topological polar surface area (TPSA) is 58.6 Å². The first-order valence-electron chi connectivity index (χ1n) is 6.91. The first kappa shape index (κ1) is 17.2. The van der Waals surface area contributed by atoms with E-state index in [0.717, 1.165) is 11.1 Å². The zero-order valence-corrected chi connectivity index (χ0v) is 13.1. The van der Waals surface area contributed by atoms with Crippen LogP contribution in [0.15, 0.2) is 18.2 Å². The van der Waals surface area contributed by atoms with Gasteiger partial charge in [-0.05, 0) is 38.5 Å². The first-order valence-corrected chi connectivity index (χ1v) is 6.91. The lowest BCUT2D eigenvalue weighted by Gasteiger charge is -2.25. The Bertz CT molecular complexity index is 553. The van der Waals surface area contributed by atoms with E-state index < -0.39 is 5.54 Å². The maximum absolute atomic E-state index is 12.4. The minimum Gasteiger partial charge on any atom is -0.395 e. The highest BCUT2D eigenvalue weighted by molar-refractivity contribution is 5.96. The monoisotopic (exact) mass is 289 g/mol. The van der Waals surface area contributed by atoms with Gasteiger partial charge in [-0.15, -0.1) is 0 Å². The van der Waals surface area contributed by atoms with Crippen molar-refractivity contribution in [2.45, 2.75) is 32.7 Å². The fraction of sp³-hybridized carbons (Fsp3) is 0.471. The second kappa shape index (κ2) is 7.82. The summed E-state index contributed by atoms with van der Waals surface area (Å²) in [6.45, 7) is 6.19. The van der Waals surface area contributed by atoms with Crippen LogP contribution in [0.5, 0.6) is 0 Å². The van der Waals surface area contributed by atoms with Crippen molar-refractivity contribution in [2.75, 3.05) is 20.3 Å². The van der Waals surface area contributed by atoms with Crippen molar-refractivity contribution >= 4 is 5.91 Å². The molecule has 1 amide bonds. The summed E-state index contributed by atoms with van der Waals surface area (Å²) >= 11 is 0. The lowest BCUT2D eigenvalue weighted by atomic mass is 10.0. The number of aryl methyl sites for hydroxylation is 1. The van der Waals surface area contributed by atoms with Crippen LogP contribution in [-0.2, 0) is 4.74 Å². The molecule has 0 atom stereocenters. The Balaban J connectivity index is 2.94. The molecule has 0 saturated carbocycles. The summed E-state index contributed by atoms with van der Waals surface area (Å²) < 4.78 is 5.10. The van der Waals surface area contributed by atoms with E-state index in [1.807, 2.05) is 32.9 Å². The molecule has 0 aliphatic rings. The van der Waals surface area contributed by atoms with Crippen LogP contribution in [0.2, 0.25) is 0 Å². The van der Waals surface area contributed by atoms with Crippen LogP contribution >= 0.6 is 0 Å². The average molecular weight is 289 g/mol. The van der Waals surface area contributed by atoms with Crippen molar-refractivity contribution in [2.24, 2.45) is 0 Å². The number of aliphatic hydroxyl groups is 1. The van der Waals surface area contributed by atoms with Crippen molar-refractivity contribution < 1.29 is 14.6 Å². The van der Waals surface area contributed by atoms with Crippen LogP contribution < -0.4 is 5.32 Å². The number of nitrogens with one attached hydrogen (secondary N) is 1. The molecule has 0 spiro atoms. The molecule has 1 aromatic rings. The molecule has 0 aliphatic heterocycles. The summed E-state index contributed by atoms with van der Waals surface area (Å²) in [7, 11) is 1.61. The second-order valence-corrected chi connectivity index (χ2v) is 5.58. The third-order valence-electron chi connectivity index (χ3n) is 2.91. The summed E-state index contributed by atoms with van der Waals surface area (Å²) in [5.41, 5.74) is 1.84. The molecule has 4 heteroatoms. The highest BCUT2D eigenvalue weighted by Crippen LogP contribution is 2.13. The van der Waals surface area contributed by atoms with Gasteiger partial charge in [-0.2, -0.15) is 0 Å². The highest BCUT2D eigenvalue weighted by Gasteiger charge is 2.21. The molecular weight excluding hydrogens is 266 g/mol. The lowest BCUT2D eigenvalue weighted by Crippen LogP contribution is -2.46. The number of carbonyl (C=O) groups is 1. The Hall–Kier alpha value is -1.83. The normalized spacial score (nSPS) is 10.7. The van der Waals surface area contributed by atoms with Gasteiger partial charge in [0.25, 0.3) is 5.91 Å². The van der Waals surface area contributed by atoms with Crippen molar-refractivity contribution in [1.29, 1.82) is 0 Å². The zero-order chi connectivity index (χ0) is 15.9. The molecule has 0 saturated heterocycles. The lowest BCUT2D eigenvalue weighted by molar-refractivity contribution is 0.0819. The van der Waals surface area contributed by atoms with Gasteiger partial charge in [-0.25, -0.2) is 0 Å². The standard InChI is InChI=1S/C17H23NO3/c1-13-8-9-14(7-5-6-10-19)11-15(13)16(20)18-17(2,3)12-21-4/h8-9,11,19H,6,10,12H2,1-4H3,(H,18,20). The van der Waals surface area contributed by atoms with Gasteiger partial charge in [-0.3, -0.25) is 4.79 Å². The van der Waals surface area contributed by atoms with Crippen molar-refractivity contribution in [3.8, 4) is 11.8 Å². The molecule has 1 rings (SSSR count). The molecule has 0 radical (unpaired) electrons. The van der Waals surface area contributed by atoms with Gasteiger partial charge < -0.3 is 15.2 Å². The third-order valence-corrected chi connectivity index (χ3v) is 2.91. The van der Waals surface area contributed by atoms with E-state index in [0.29, 0.717) is 18.6 Å². The van der Waals surface area contributed by atoms with E-state index >= 15 is 0 Å². The summed E-state index contributed by atoms with van der Waals surface area (Å²) in [4.78, 5) is 12.4. The van der Waals surface area contributed by atoms with Gasteiger partial charge >= 0.3 is 0 Å². The Kier molecular flexibility index (Phi) is 6.41. The second-order valence-electron chi connectivity index (χ2n) is 5.58. The number of carbonyl (C=O) groups excluding carboxylic acids is 1. The van der Waals surface area contributed by atoms with Gasteiger partial charge in [-0.1, -0.05) is 17.9 Å². The molecule has 1 aromatic carbocycles. The Morgan fingerprint density at radius 3 is 2.76 bits per heavy atom. The molecular formula is C17H23NO3. The number of ether oxygens (including phenoxy) is 1. The van der Waals surface area contributed by atoms with Gasteiger partial charge in [0.2, 0.25) is 0 Å². The summed E-state index contributed by atoms with van der Waals surface area (Å²) in [6, 6.07) is 5.52. The van der Waals surface area contributed by atoms with Crippen molar-refractivity contribution in [1.82, 2.24) is 5.32 Å². The maximum atomic E-state index is 12.4. The molecule has 114 valence electrons. The summed E-state index contributed by atoms with van der Waals surface area (Å²) in [5, 5.41) is 11.7. The van der Waals surface area contributed by atoms with E-state index in [-0.39, 0.29) is 12.5 Å². The predicted octanol–water partition coefficient (Wildman–Crippen LogP) is 1.88. The quantitative estimate of drug-likeness (QED) is 0.814.